The molecule has 0 atom stereocenters. The maximum absolute atomic E-state index is 12.8. The molecule has 128 valence electrons. The summed E-state index contributed by atoms with van der Waals surface area (Å²) in [5, 5.41) is 0.612. The van der Waals surface area contributed by atoms with E-state index in [0.29, 0.717) is 22.4 Å². The zero-order chi connectivity index (χ0) is 17.4. The van der Waals surface area contributed by atoms with E-state index in [1.54, 1.807) is 42.6 Å². The van der Waals surface area contributed by atoms with Crippen LogP contribution >= 0.6 is 0 Å². The molecule has 0 fully saturated rings. The second kappa shape index (κ2) is 6.02. The highest BCUT2D eigenvalue weighted by Gasteiger charge is 2.19. The highest BCUT2D eigenvalue weighted by molar-refractivity contribution is 7.89. The zero-order valence-electron chi connectivity index (χ0n) is 13.5. The van der Waals surface area contributed by atoms with Gasteiger partial charge in [0.2, 0.25) is 16.8 Å². The summed E-state index contributed by atoms with van der Waals surface area (Å²) in [6.07, 6.45) is 1.66. The van der Waals surface area contributed by atoms with E-state index in [4.69, 9.17) is 9.47 Å². The number of nitrogens with zero attached hydrogens (tertiary/aromatic N) is 1. The van der Waals surface area contributed by atoms with E-state index in [1.807, 2.05) is 13.0 Å². The third kappa shape index (κ3) is 2.92. The van der Waals surface area contributed by atoms with Crippen LogP contribution < -0.4 is 14.2 Å². The van der Waals surface area contributed by atoms with Crippen molar-refractivity contribution in [3.63, 3.8) is 0 Å². The maximum Gasteiger partial charge on any atom is 0.241 e. The first kappa shape index (κ1) is 15.9. The van der Waals surface area contributed by atoms with Crippen molar-refractivity contribution in [2.45, 2.75) is 18.4 Å². The van der Waals surface area contributed by atoms with E-state index in [2.05, 4.69) is 9.71 Å². The number of rotatable bonds is 4. The Morgan fingerprint density at radius 1 is 1.12 bits per heavy atom. The zero-order valence-corrected chi connectivity index (χ0v) is 14.3. The Kier molecular flexibility index (Phi) is 3.82. The average molecular weight is 356 g/mol. The molecule has 0 unspecified atom stereocenters. The molecule has 1 aliphatic heterocycles. The summed E-state index contributed by atoms with van der Waals surface area (Å²) >= 11 is 0. The molecular weight excluding hydrogens is 340 g/mol. The van der Waals surface area contributed by atoms with E-state index in [-0.39, 0.29) is 18.2 Å². The number of pyridine rings is 1. The minimum atomic E-state index is -3.68. The number of ether oxygens (including phenoxy) is 2. The van der Waals surface area contributed by atoms with Crippen molar-refractivity contribution >= 4 is 20.9 Å². The summed E-state index contributed by atoms with van der Waals surface area (Å²) in [6.45, 7) is 2.26. The van der Waals surface area contributed by atoms with E-state index in [0.717, 1.165) is 11.1 Å². The van der Waals surface area contributed by atoms with Crippen molar-refractivity contribution in [1.82, 2.24) is 9.71 Å². The van der Waals surface area contributed by atoms with E-state index < -0.39 is 10.0 Å². The van der Waals surface area contributed by atoms with Gasteiger partial charge >= 0.3 is 0 Å². The molecule has 0 saturated heterocycles. The van der Waals surface area contributed by atoms with Crippen molar-refractivity contribution in [2.24, 2.45) is 0 Å². The van der Waals surface area contributed by atoms with Crippen LogP contribution in [0.25, 0.3) is 10.9 Å². The summed E-state index contributed by atoms with van der Waals surface area (Å²) < 4.78 is 38.8. The van der Waals surface area contributed by atoms with Gasteiger partial charge in [0.25, 0.3) is 0 Å². The van der Waals surface area contributed by atoms with Crippen LogP contribution in [0.15, 0.2) is 53.6 Å². The van der Waals surface area contributed by atoms with Gasteiger partial charge in [0.15, 0.2) is 11.5 Å². The number of nitrogens with one attached hydrogen (secondary N) is 1. The minimum absolute atomic E-state index is 0.161. The molecular formula is C18H16N2O4S. The van der Waals surface area contributed by atoms with Crippen molar-refractivity contribution in [3.05, 3.63) is 59.8 Å². The monoisotopic (exact) mass is 356 g/mol. The van der Waals surface area contributed by atoms with Gasteiger partial charge in [-0.25, -0.2) is 13.1 Å². The Bertz CT molecular complexity index is 1060. The van der Waals surface area contributed by atoms with Gasteiger partial charge in [0.1, 0.15) is 0 Å². The molecule has 0 radical (unpaired) electrons. The van der Waals surface area contributed by atoms with Crippen molar-refractivity contribution in [1.29, 1.82) is 0 Å². The molecule has 1 N–H and O–H groups in total. The number of aryl methyl sites for hydroxylation is 1. The number of hydrogen-bond acceptors (Lipinski definition) is 5. The van der Waals surface area contributed by atoms with E-state index in [1.165, 1.54) is 0 Å². The molecule has 2 heterocycles. The molecule has 2 aromatic carbocycles. The fourth-order valence-corrected chi connectivity index (χ4v) is 4.04. The van der Waals surface area contributed by atoms with Crippen LogP contribution in [0.5, 0.6) is 11.5 Å². The maximum atomic E-state index is 12.8. The topological polar surface area (TPSA) is 77.5 Å². The molecule has 7 heteroatoms. The second-order valence-electron chi connectivity index (χ2n) is 5.79. The lowest BCUT2D eigenvalue weighted by atomic mass is 10.1. The number of aromatic nitrogens is 1. The lowest BCUT2D eigenvalue weighted by Gasteiger charge is -2.11. The molecule has 0 saturated carbocycles. The Morgan fingerprint density at radius 2 is 1.96 bits per heavy atom. The van der Waals surface area contributed by atoms with Gasteiger partial charge in [0.05, 0.1) is 10.4 Å². The van der Waals surface area contributed by atoms with Crippen molar-refractivity contribution in [3.8, 4) is 11.5 Å². The van der Waals surface area contributed by atoms with Crippen LogP contribution in [-0.2, 0) is 16.6 Å². The summed E-state index contributed by atoms with van der Waals surface area (Å²) in [4.78, 5) is 4.51. The van der Waals surface area contributed by atoms with E-state index >= 15 is 0 Å². The average Bonchev–Trinajstić information content (AvgIpc) is 3.08. The first-order valence-corrected chi connectivity index (χ1v) is 9.25. The van der Waals surface area contributed by atoms with E-state index in [9.17, 15) is 8.42 Å². The van der Waals surface area contributed by atoms with Gasteiger partial charge < -0.3 is 9.47 Å². The molecule has 0 amide bonds. The molecule has 25 heavy (non-hydrogen) atoms. The molecule has 0 spiro atoms. The highest BCUT2D eigenvalue weighted by Crippen LogP contribution is 2.32. The number of hydrogen-bond donors (Lipinski definition) is 1. The fraction of sp³-hybridized carbons (Fsp3) is 0.167. The molecule has 1 aliphatic rings. The second-order valence-corrected chi connectivity index (χ2v) is 7.53. The summed E-state index contributed by atoms with van der Waals surface area (Å²) in [5.41, 5.74) is 2.42. The Labute approximate surface area is 145 Å². The quantitative estimate of drug-likeness (QED) is 0.778. The van der Waals surface area contributed by atoms with Crippen LogP contribution in [-0.4, -0.2) is 20.2 Å². The van der Waals surface area contributed by atoms with Crippen LogP contribution in [0.3, 0.4) is 0 Å². The fourth-order valence-electron chi connectivity index (χ4n) is 2.83. The summed E-state index contributed by atoms with van der Waals surface area (Å²) in [5.74, 6) is 1.30. The summed E-state index contributed by atoms with van der Waals surface area (Å²) in [6, 6.07) is 12.2. The number of fused-ring (bicyclic) bond motifs is 2. The Hall–Kier alpha value is -2.64. The predicted octanol–water partition coefficient (Wildman–Crippen LogP) is 2.75. The van der Waals surface area contributed by atoms with Crippen molar-refractivity contribution in [2.75, 3.05) is 6.79 Å². The number of benzene rings is 2. The predicted molar refractivity (Wildman–Crippen MR) is 93.1 cm³/mol. The standard InChI is InChI=1S/C18H16N2O4S/c1-12-4-7-17(14-3-2-8-19-18(12)14)25(21,22)20-10-13-5-6-15-16(9-13)24-11-23-15/h2-9,20H,10-11H2,1H3. The lowest BCUT2D eigenvalue weighted by Crippen LogP contribution is -2.23. The molecule has 0 bridgehead atoms. The molecule has 1 aromatic heterocycles. The van der Waals surface area contributed by atoms with Crippen LogP contribution in [0.2, 0.25) is 0 Å². The normalized spacial score (nSPS) is 13.3. The third-order valence-corrected chi connectivity index (χ3v) is 5.58. The Morgan fingerprint density at radius 3 is 2.84 bits per heavy atom. The molecule has 0 aliphatic carbocycles. The number of sulfonamides is 1. The molecule has 3 aromatic rings. The van der Waals surface area contributed by atoms with Crippen LogP contribution in [0.4, 0.5) is 0 Å². The van der Waals surface area contributed by atoms with Gasteiger partial charge in [-0.1, -0.05) is 12.1 Å². The van der Waals surface area contributed by atoms with Gasteiger partial charge in [0, 0.05) is 18.1 Å². The SMILES string of the molecule is Cc1ccc(S(=O)(=O)NCc2ccc3c(c2)OCO3)c2cccnc12. The lowest BCUT2D eigenvalue weighted by molar-refractivity contribution is 0.174. The van der Waals surface area contributed by atoms with Gasteiger partial charge in [-0.15, -0.1) is 0 Å². The highest BCUT2D eigenvalue weighted by atomic mass is 32.2. The van der Waals surface area contributed by atoms with Gasteiger partial charge in [-0.05, 0) is 48.4 Å². The van der Waals surface area contributed by atoms with Gasteiger partial charge in [-0.3, -0.25) is 4.98 Å². The smallest absolute Gasteiger partial charge is 0.241 e. The van der Waals surface area contributed by atoms with Crippen LogP contribution in [0, 0.1) is 6.92 Å². The van der Waals surface area contributed by atoms with Gasteiger partial charge in [-0.2, -0.15) is 0 Å². The third-order valence-electron chi connectivity index (χ3n) is 4.12. The minimum Gasteiger partial charge on any atom is -0.454 e. The Balaban J connectivity index is 1.63. The van der Waals surface area contributed by atoms with Crippen molar-refractivity contribution < 1.29 is 17.9 Å². The first-order chi connectivity index (χ1) is 12.0. The molecule has 6 nitrogen and oxygen atoms in total. The largest absolute Gasteiger partial charge is 0.454 e. The first-order valence-electron chi connectivity index (χ1n) is 7.77. The summed E-state index contributed by atoms with van der Waals surface area (Å²) in [7, 11) is -3.68. The van der Waals surface area contributed by atoms with Crippen LogP contribution in [0.1, 0.15) is 11.1 Å². The molecule has 4 rings (SSSR count).